The molecule has 1 aliphatic carbocycles. The minimum Gasteiger partial charge on any atom is -0.376 e. The van der Waals surface area contributed by atoms with Crippen molar-refractivity contribution >= 4 is 5.91 Å². The Bertz CT molecular complexity index is 480. The molecule has 1 aromatic carbocycles. The molecular weight excluding hydrogens is 254 g/mol. The van der Waals surface area contributed by atoms with Gasteiger partial charge in [-0.25, -0.2) is 8.78 Å². The third-order valence-electron chi connectivity index (χ3n) is 3.24. The summed E-state index contributed by atoms with van der Waals surface area (Å²) in [6.07, 6.45) is 0.477. The summed E-state index contributed by atoms with van der Waals surface area (Å²) < 4.78 is 31.9. The quantitative estimate of drug-likeness (QED) is 0.864. The average Bonchev–Trinajstić information content (AvgIpc) is 2.39. The van der Waals surface area contributed by atoms with Crippen LogP contribution in [0.25, 0.3) is 0 Å². The van der Waals surface area contributed by atoms with E-state index in [9.17, 15) is 13.6 Å². The van der Waals surface area contributed by atoms with E-state index in [1.165, 1.54) is 12.1 Å². The summed E-state index contributed by atoms with van der Waals surface area (Å²) in [4.78, 5) is 11.9. The van der Waals surface area contributed by atoms with Crippen molar-refractivity contribution in [3.05, 3.63) is 35.4 Å². The predicted molar refractivity (Wildman–Crippen MR) is 65.6 cm³/mol. The molecule has 0 bridgehead atoms. The zero-order valence-corrected chi connectivity index (χ0v) is 10.5. The lowest BCUT2D eigenvalue weighted by Gasteiger charge is -2.42. The Morgan fingerprint density at radius 1 is 1.53 bits per heavy atom. The van der Waals surface area contributed by atoms with Gasteiger partial charge in [0.15, 0.2) is 11.6 Å². The number of hydrogen-bond acceptors (Lipinski definition) is 3. The summed E-state index contributed by atoms with van der Waals surface area (Å²) in [5.74, 6) is -2.88. The van der Waals surface area contributed by atoms with Crippen molar-refractivity contribution in [3.8, 4) is 0 Å². The van der Waals surface area contributed by atoms with Crippen LogP contribution in [-0.4, -0.2) is 30.7 Å². The Hall–Kier alpha value is -1.53. The highest BCUT2D eigenvalue weighted by molar-refractivity contribution is 5.94. The number of ether oxygens (including phenoxy) is 1. The summed E-state index contributed by atoms with van der Waals surface area (Å²) in [5, 5.41) is 2.59. The van der Waals surface area contributed by atoms with Gasteiger partial charge < -0.3 is 15.8 Å². The molecule has 0 heterocycles. The van der Waals surface area contributed by atoms with E-state index in [1.54, 1.807) is 0 Å². The van der Waals surface area contributed by atoms with Gasteiger partial charge in [-0.1, -0.05) is 6.07 Å². The molecule has 4 nitrogen and oxygen atoms in total. The molecule has 0 radical (unpaired) electrons. The number of halogens is 2. The molecule has 3 atom stereocenters. The number of carbonyl (C=O) groups is 1. The molecule has 2 rings (SSSR count). The lowest BCUT2D eigenvalue weighted by atomic mass is 9.83. The highest BCUT2D eigenvalue weighted by atomic mass is 19.2. The van der Waals surface area contributed by atoms with Crippen molar-refractivity contribution in [3.63, 3.8) is 0 Å². The fourth-order valence-electron chi connectivity index (χ4n) is 2.14. The summed E-state index contributed by atoms with van der Waals surface area (Å²) >= 11 is 0. The summed E-state index contributed by atoms with van der Waals surface area (Å²) in [6, 6.07) is 2.89. The Morgan fingerprint density at radius 3 is 2.89 bits per heavy atom. The van der Waals surface area contributed by atoms with Crippen molar-refractivity contribution < 1.29 is 18.3 Å². The van der Waals surface area contributed by atoms with Crippen LogP contribution in [0.1, 0.15) is 23.7 Å². The molecule has 104 valence electrons. The van der Waals surface area contributed by atoms with Crippen molar-refractivity contribution in [2.45, 2.75) is 31.5 Å². The van der Waals surface area contributed by atoms with Crippen molar-refractivity contribution in [2.24, 2.45) is 5.73 Å². The van der Waals surface area contributed by atoms with Gasteiger partial charge in [-0.3, -0.25) is 4.79 Å². The first kappa shape index (κ1) is 13.9. The zero-order valence-electron chi connectivity index (χ0n) is 10.5. The van der Waals surface area contributed by atoms with Crippen molar-refractivity contribution in [2.75, 3.05) is 6.61 Å². The number of benzene rings is 1. The summed E-state index contributed by atoms with van der Waals surface area (Å²) in [7, 11) is 0. The van der Waals surface area contributed by atoms with Crippen LogP contribution < -0.4 is 11.1 Å². The van der Waals surface area contributed by atoms with Gasteiger partial charge in [0.2, 0.25) is 0 Å². The lowest BCUT2D eigenvalue weighted by molar-refractivity contribution is -0.0300. The van der Waals surface area contributed by atoms with E-state index in [0.29, 0.717) is 13.0 Å². The minimum atomic E-state index is -1.15. The topological polar surface area (TPSA) is 64.3 Å². The zero-order chi connectivity index (χ0) is 14.0. The van der Waals surface area contributed by atoms with Gasteiger partial charge in [0, 0.05) is 12.6 Å². The van der Waals surface area contributed by atoms with Crippen LogP contribution in [0.15, 0.2) is 18.2 Å². The Balaban J connectivity index is 2.06. The molecule has 1 fully saturated rings. The molecule has 0 saturated heterocycles. The van der Waals surface area contributed by atoms with Gasteiger partial charge in [0.05, 0.1) is 17.7 Å². The van der Waals surface area contributed by atoms with Crippen LogP contribution in [0.4, 0.5) is 8.78 Å². The lowest BCUT2D eigenvalue weighted by Crippen LogP contribution is -2.64. The molecule has 6 heteroatoms. The van der Waals surface area contributed by atoms with Crippen molar-refractivity contribution in [1.29, 1.82) is 0 Å². The second kappa shape index (κ2) is 5.63. The van der Waals surface area contributed by atoms with E-state index in [1.807, 2.05) is 6.92 Å². The first-order valence-corrected chi connectivity index (χ1v) is 6.16. The molecule has 3 N–H and O–H groups in total. The monoisotopic (exact) mass is 270 g/mol. The van der Waals surface area contributed by atoms with E-state index in [-0.39, 0.29) is 23.8 Å². The number of rotatable bonds is 4. The van der Waals surface area contributed by atoms with E-state index in [0.717, 1.165) is 6.07 Å². The normalized spacial score (nSPS) is 25.8. The van der Waals surface area contributed by atoms with E-state index in [4.69, 9.17) is 10.5 Å². The standard InChI is InChI=1S/C13H16F2N2O2/c1-2-19-10-6-9(16)12(10)17-13(18)7-4-3-5-8(14)11(7)15/h3-5,9-10,12H,2,6,16H2,1H3,(H,17,18). The molecule has 1 aromatic rings. The number of nitrogens with two attached hydrogens (primary N) is 1. The summed E-state index contributed by atoms with van der Waals surface area (Å²) in [5.41, 5.74) is 5.45. The van der Waals surface area contributed by atoms with Gasteiger partial charge >= 0.3 is 0 Å². The smallest absolute Gasteiger partial charge is 0.254 e. The van der Waals surface area contributed by atoms with Crippen LogP contribution in [0.3, 0.4) is 0 Å². The summed E-state index contributed by atoms with van der Waals surface area (Å²) in [6.45, 7) is 2.35. The first-order valence-electron chi connectivity index (χ1n) is 6.16. The molecule has 0 spiro atoms. The maximum absolute atomic E-state index is 13.5. The van der Waals surface area contributed by atoms with Crippen molar-refractivity contribution in [1.82, 2.24) is 5.32 Å². The van der Waals surface area contributed by atoms with Crippen LogP contribution in [0.2, 0.25) is 0 Å². The molecule has 3 unspecified atom stereocenters. The molecule has 19 heavy (non-hydrogen) atoms. The van der Waals surface area contributed by atoms with Gasteiger partial charge in [0.1, 0.15) is 0 Å². The third-order valence-corrected chi connectivity index (χ3v) is 3.24. The van der Waals surface area contributed by atoms with Gasteiger partial charge in [0.25, 0.3) is 5.91 Å². The van der Waals surface area contributed by atoms with Crippen LogP contribution in [-0.2, 0) is 4.74 Å². The second-order valence-electron chi connectivity index (χ2n) is 4.49. The minimum absolute atomic E-state index is 0.166. The second-order valence-corrected chi connectivity index (χ2v) is 4.49. The number of nitrogens with one attached hydrogen (secondary N) is 1. The largest absolute Gasteiger partial charge is 0.376 e. The molecule has 1 aliphatic rings. The number of amides is 1. The average molecular weight is 270 g/mol. The molecule has 1 amide bonds. The number of hydrogen-bond donors (Lipinski definition) is 2. The Morgan fingerprint density at radius 2 is 2.26 bits per heavy atom. The van der Waals surface area contributed by atoms with Crippen LogP contribution in [0, 0.1) is 11.6 Å². The maximum atomic E-state index is 13.5. The van der Waals surface area contributed by atoms with E-state index >= 15 is 0 Å². The molecule has 0 aliphatic heterocycles. The molecule has 1 saturated carbocycles. The first-order chi connectivity index (χ1) is 9.04. The molecular formula is C13H16F2N2O2. The fourth-order valence-corrected chi connectivity index (χ4v) is 2.14. The Labute approximate surface area is 109 Å². The highest BCUT2D eigenvalue weighted by Crippen LogP contribution is 2.23. The molecule has 0 aromatic heterocycles. The number of carbonyl (C=O) groups excluding carboxylic acids is 1. The third kappa shape index (κ3) is 2.74. The van der Waals surface area contributed by atoms with Gasteiger partial charge in [-0.2, -0.15) is 0 Å². The van der Waals surface area contributed by atoms with E-state index in [2.05, 4.69) is 5.32 Å². The maximum Gasteiger partial charge on any atom is 0.254 e. The van der Waals surface area contributed by atoms with Crippen LogP contribution >= 0.6 is 0 Å². The highest BCUT2D eigenvalue weighted by Gasteiger charge is 2.40. The van der Waals surface area contributed by atoms with Gasteiger partial charge in [-0.05, 0) is 25.5 Å². The van der Waals surface area contributed by atoms with Gasteiger partial charge in [-0.15, -0.1) is 0 Å². The fraction of sp³-hybridized carbons (Fsp3) is 0.462. The van der Waals surface area contributed by atoms with Crippen LogP contribution in [0.5, 0.6) is 0 Å². The van der Waals surface area contributed by atoms with E-state index < -0.39 is 17.5 Å². The SMILES string of the molecule is CCOC1CC(N)C1NC(=O)c1cccc(F)c1F. The Kier molecular flexibility index (Phi) is 4.11. The predicted octanol–water partition coefficient (Wildman–Crippen LogP) is 1.20.